The summed E-state index contributed by atoms with van der Waals surface area (Å²) in [4.78, 5) is 38.7. The average Bonchev–Trinajstić information content (AvgIpc) is 2.98. The lowest BCUT2D eigenvalue weighted by Crippen LogP contribution is -2.43. The van der Waals surface area contributed by atoms with Crippen LogP contribution in [0.2, 0.25) is 0 Å². The van der Waals surface area contributed by atoms with Crippen LogP contribution in [0.25, 0.3) is 0 Å². The molecule has 0 spiro atoms. The number of benzene rings is 2. The maximum absolute atomic E-state index is 14.8. The van der Waals surface area contributed by atoms with Crippen LogP contribution >= 0.6 is 0 Å². The summed E-state index contributed by atoms with van der Waals surface area (Å²) in [5.74, 6) is -2.66. The minimum atomic E-state index is -1.23. The molecule has 2 saturated heterocycles. The Morgan fingerprint density at radius 2 is 1.68 bits per heavy atom. The zero-order valence-electron chi connectivity index (χ0n) is 19.3. The molecule has 8 nitrogen and oxygen atoms in total. The lowest BCUT2D eigenvalue weighted by atomic mass is 9.97. The van der Waals surface area contributed by atoms with Crippen molar-refractivity contribution < 1.29 is 28.4 Å². The van der Waals surface area contributed by atoms with Crippen molar-refractivity contribution in [1.82, 2.24) is 4.90 Å². The van der Waals surface area contributed by atoms with E-state index in [1.54, 1.807) is 13.8 Å². The molecule has 0 aliphatic carbocycles. The van der Waals surface area contributed by atoms with Gasteiger partial charge in [-0.25, -0.2) is 14.0 Å². The van der Waals surface area contributed by atoms with Crippen molar-refractivity contribution in [2.24, 2.45) is 0 Å². The summed E-state index contributed by atoms with van der Waals surface area (Å²) in [6.45, 7) is 3.17. The number of hydrogen-bond donors (Lipinski definition) is 0. The van der Waals surface area contributed by atoms with Crippen molar-refractivity contribution in [3.05, 3.63) is 75.1 Å². The van der Waals surface area contributed by atoms with E-state index in [-0.39, 0.29) is 17.4 Å². The Morgan fingerprint density at radius 1 is 1.06 bits per heavy atom. The van der Waals surface area contributed by atoms with Crippen LogP contribution in [0.4, 0.5) is 10.1 Å². The van der Waals surface area contributed by atoms with Crippen molar-refractivity contribution in [2.75, 3.05) is 7.05 Å². The molecule has 4 rings (SSSR count). The maximum Gasteiger partial charge on any atom is 0.342 e. The number of nitrogens with zero attached hydrogens (tertiary/aromatic N) is 2. The van der Waals surface area contributed by atoms with E-state index in [0.29, 0.717) is 30.5 Å². The highest BCUT2D eigenvalue weighted by Gasteiger charge is 2.40. The number of non-ortho nitro benzene ring substituents is 1. The Kier molecular flexibility index (Phi) is 6.40. The van der Waals surface area contributed by atoms with Crippen LogP contribution in [-0.4, -0.2) is 47.0 Å². The minimum absolute atomic E-state index is 0.104. The van der Waals surface area contributed by atoms with Crippen molar-refractivity contribution in [3.8, 4) is 0 Å². The molecule has 2 aliphatic heterocycles. The predicted molar refractivity (Wildman–Crippen MR) is 121 cm³/mol. The number of rotatable bonds is 6. The van der Waals surface area contributed by atoms with Gasteiger partial charge in [0.2, 0.25) is 0 Å². The van der Waals surface area contributed by atoms with Gasteiger partial charge in [-0.1, -0.05) is 6.07 Å². The molecule has 0 N–H and O–H groups in total. The molecule has 0 amide bonds. The number of carbonyl (C=O) groups is 2. The fraction of sp³-hybridized carbons (Fsp3) is 0.440. The summed E-state index contributed by atoms with van der Waals surface area (Å²) in [5, 5.41) is 10.9. The van der Waals surface area contributed by atoms with Crippen LogP contribution in [0.1, 0.15) is 65.8 Å². The summed E-state index contributed by atoms with van der Waals surface area (Å²) in [6.07, 6.45) is 3.25. The van der Waals surface area contributed by atoms with E-state index >= 15 is 0 Å². The molecule has 9 heteroatoms. The average molecular weight is 470 g/mol. The molecule has 0 saturated carbocycles. The van der Waals surface area contributed by atoms with E-state index < -0.39 is 33.8 Å². The lowest BCUT2D eigenvalue weighted by molar-refractivity contribution is -0.384. The molecule has 2 bridgehead atoms. The molecule has 34 heavy (non-hydrogen) atoms. The van der Waals surface area contributed by atoms with Crippen LogP contribution in [-0.2, 0) is 15.1 Å². The smallest absolute Gasteiger partial charge is 0.342 e. The van der Waals surface area contributed by atoms with Gasteiger partial charge in [-0.15, -0.1) is 0 Å². The number of nitro benzene ring substituents is 1. The monoisotopic (exact) mass is 470 g/mol. The Morgan fingerprint density at radius 3 is 2.26 bits per heavy atom. The van der Waals surface area contributed by atoms with Crippen molar-refractivity contribution in [2.45, 2.75) is 63.3 Å². The van der Waals surface area contributed by atoms with E-state index in [9.17, 15) is 24.1 Å². The minimum Gasteiger partial charge on any atom is -0.459 e. The molecule has 2 fully saturated rings. The number of carbonyl (C=O) groups excluding carboxylic acids is 2. The van der Waals surface area contributed by atoms with Crippen LogP contribution < -0.4 is 0 Å². The maximum atomic E-state index is 14.8. The largest absolute Gasteiger partial charge is 0.459 e. The topological polar surface area (TPSA) is 99.0 Å². The molecule has 2 aromatic rings. The van der Waals surface area contributed by atoms with Gasteiger partial charge in [-0.2, -0.15) is 0 Å². The first kappa shape index (κ1) is 23.8. The fourth-order valence-corrected chi connectivity index (χ4v) is 4.90. The summed E-state index contributed by atoms with van der Waals surface area (Å²) >= 11 is 0. The van der Waals surface area contributed by atoms with Crippen LogP contribution in [0.3, 0.4) is 0 Å². The summed E-state index contributed by atoms with van der Waals surface area (Å²) in [5.41, 5.74) is -1.53. The van der Waals surface area contributed by atoms with Gasteiger partial charge in [0.25, 0.3) is 5.69 Å². The van der Waals surface area contributed by atoms with E-state index in [1.807, 2.05) is 0 Å². The van der Waals surface area contributed by atoms with E-state index in [1.165, 1.54) is 36.4 Å². The van der Waals surface area contributed by atoms with Gasteiger partial charge in [0.1, 0.15) is 23.1 Å². The Hall–Kier alpha value is -3.33. The zero-order valence-corrected chi connectivity index (χ0v) is 19.3. The number of ether oxygens (including phenoxy) is 2. The standard InChI is InChI=1S/C25H27FN2O6/c1-25(2,15-7-9-16(10-8-15)28(31)32)34-24(30)22-20(5-4-6-21(22)26)23(29)33-19-13-17-11-12-18(14-19)27(17)3/h4-10,17-19H,11-14H2,1-3H3. The summed E-state index contributed by atoms with van der Waals surface area (Å²) < 4.78 is 26.0. The number of nitro groups is 1. The molecule has 2 aliphatic rings. The third-order valence-electron chi connectivity index (χ3n) is 6.89. The van der Waals surface area contributed by atoms with Crippen LogP contribution in [0.15, 0.2) is 42.5 Å². The van der Waals surface area contributed by atoms with Crippen molar-refractivity contribution >= 4 is 17.6 Å². The first-order chi connectivity index (χ1) is 16.1. The quantitative estimate of drug-likeness (QED) is 0.345. The highest BCUT2D eigenvalue weighted by molar-refractivity contribution is 6.03. The predicted octanol–water partition coefficient (Wildman–Crippen LogP) is 4.61. The first-order valence-corrected chi connectivity index (χ1v) is 11.3. The van der Waals surface area contributed by atoms with Crippen molar-refractivity contribution in [1.29, 1.82) is 0 Å². The molecule has 2 atom stereocenters. The first-order valence-electron chi connectivity index (χ1n) is 11.3. The third-order valence-corrected chi connectivity index (χ3v) is 6.89. The van der Waals surface area contributed by atoms with Gasteiger partial charge in [-0.05, 0) is 63.6 Å². The Balaban J connectivity index is 1.52. The van der Waals surface area contributed by atoms with Crippen LogP contribution in [0, 0.1) is 15.9 Å². The second-order valence-corrected chi connectivity index (χ2v) is 9.42. The SMILES string of the molecule is CN1C2CCC1CC(OC(=O)c1cccc(F)c1C(=O)OC(C)(C)c1ccc([N+](=O)[O-])cc1)C2. The highest BCUT2D eigenvalue weighted by atomic mass is 19.1. The number of fused-ring (bicyclic) bond motifs is 2. The van der Waals surface area contributed by atoms with Gasteiger partial charge in [0.05, 0.1) is 10.5 Å². The summed E-state index contributed by atoms with van der Waals surface area (Å²) in [6, 6.07) is 10.0. The normalized spacial score (nSPS) is 22.3. The van der Waals surface area contributed by atoms with Gasteiger partial charge >= 0.3 is 11.9 Å². The number of esters is 2. The van der Waals surface area contributed by atoms with E-state index in [0.717, 1.165) is 18.9 Å². The zero-order chi connectivity index (χ0) is 24.6. The van der Waals surface area contributed by atoms with Gasteiger partial charge < -0.3 is 14.4 Å². The Bertz CT molecular complexity index is 1100. The van der Waals surface area contributed by atoms with Gasteiger partial charge in [0.15, 0.2) is 0 Å². The van der Waals surface area contributed by atoms with Crippen LogP contribution in [0.5, 0.6) is 0 Å². The number of piperidine rings is 1. The Labute approximate surface area is 196 Å². The van der Waals surface area contributed by atoms with E-state index in [4.69, 9.17) is 9.47 Å². The molecular weight excluding hydrogens is 443 g/mol. The molecular formula is C25H27FN2O6. The molecule has 2 heterocycles. The number of hydrogen-bond acceptors (Lipinski definition) is 7. The molecule has 0 aromatic heterocycles. The number of halogens is 1. The molecule has 0 radical (unpaired) electrons. The van der Waals surface area contributed by atoms with Gasteiger partial charge in [-0.3, -0.25) is 10.1 Å². The van der Waals surface area contributed by atoms with E-state index in [2.05, 4.69) is 11.9 Å². The molecule has 2 unspecified atom stereocenters. The highest BCUT2D eigenvalue weighted by Crippen LogP contribution is 2.36. The van der Waals surface area contributed by atoms with Crippen molar-refractivity contribution in [3.63, 3.8) is 0 Å². The molecule has 2 aromatic carbocycles. The third kappa shape index (κ3) is 4.65. The van der Waals surface area contributed by atoms with Gasteiger partial charge in [0, 0.05) is 37.1 Å². The lowest BCUT2D eigenvalue weighted by Gasteiger charge is -2.35. The molecule has 180 valence electrons. The fourth-order valence-electron chi connectivity index (χ4n) is 4.90. The second-order valence-electron chi connectivity index (χ2n) is 9.42. The second kappa shape index (κ2) is 9.13. The summed E-state index contributed by atoms with van der Waals surface area (Å²) in [7, 11) is 2.08.